The molecule has 0 aromatic heterocycles. The molecule has 0 aromatic carbocycles. The van der Waals surface area contributed by atoms with Crippen molar-refractivity contribution in [3.05, 3.63) is 0 Å². The van der Waals surface area contributed by atoms with E-state index >= 15 is 0 Å². The van der Waals surface area contributed by atoms with Gasteiger partial charge in [-0.3, -0.25) is 4.79 Å². The van der Waals surface area contributed by atoms with E-state index in [0.717, 1.165) is 19.6 Å². The van der Waals surface area contributed by atoms with Gasteiger partial charge in [0.25, 0.3) is 0 Å². The fraction of sp³-hybridized carbons (Fsp3) is 0.889. The Labute approximate surface area is 79.6 Å². The summed E-state index contributed by atoms with van der Waals surface area (Å²) < 4.78 is 9.44. The minimum atomic E-state index is -0.174. The van der Waals surface area contributed by atoms with Gasteiger partial charge < -0.3 is 14.8 Å². The number of ether oxygens (including phenoxy) is 2. The number of hydrogen-bond acceptors (Lipinski definition) is 4. The first-order chi connectivity index (χ1) is 6.20. The zero-order valence-electron chi connectivity index (χ0n) is 8.63. The highest BCUT2D eigenvalue weighted by Crippen LogP contribution is 1.92. The van der Waals surface area contributed by atoms with Crippen LogP contribution in [0.2, 0.25) is 0 Å². The lowest BCUT2D eigenvalue weighted by molar-refractivity contribution is -0.141. The van der Waals surface area contributed by atoms with Crippen molar-refractivity contribution in [1.82, 2.24) is 5.32 Å². The highest BCUT2D eigenvalue weighted by Gasteiger charge is 2.07. The third-order valence-corrected chi connectivity index (χ3v) is 1.72. The summed E-state index contributed by atoms with van der Waals surface area (Å²) >= 11 is 0. The van der Waals surface area contributed by atoms with Crippen LogP contribution in [0.25, 0.3) is 0 Å². The van der Waals surface area contributed by atoms with Gasteiger partial charge in [-0.1, -0.05) is 0 Å². The van der Waals surface area contributed by atoms with Crippen molar-refractivity contribution in [3.63, 3.8) is 0 Å². The smallest absolute Gasteiger partial charge is 0.307 e. The van der Waals surface area contributed by atoms with E-state index < -0.39 is 0 Å². The van der Waals surface area contributed by atoms with Crippen LogP contribution >= 0.6 is 0 Å². The van der Waals surface area contributed by atoms with Crippen LogP contribution in [0.4, 0.5) is 0 Å². The SMILES string of the molecule is COCCCN[C@@H](C)CC(=O)OC. The Kier molecular flexibility index (Phi) is 7.63. The molecular weight excluding hydrogens is 170 g/mol. The summed E-state index contributed by atoms with van der Waals surface area (Å²) in [6.07, 6.45) is 1.38. The Morgan fingerprint density at radius 1 is 1.46 bits per heavy atom. The second-order valence-electron chi connectivity index (χ2n) is 2.98. The molecule has 0 aliphatic heterocycles. The molecule has 0 aromatic rings. The molecule has 0 saturated carbocycles. The summed E-state index contributed by atoms with van der Waals surface area (Å²) in [5, 5.41) is 3.20. The topological polar surface area (TPSA) is 47.6 Å². The van der Waals surface area contributed by atoms with Crippen LogP contribution < -0.4 is 5.32 Å². The largest absolute Gasteiger partial charge is 0.469 e. The van der Waals surface area contributed by atoms with E-state index in [4.69, 9.17) is 4.74 Å². The number of carbonyl (C=O) groups is 1. The summed E-state index contributed by atoms with van der Waals surface area (Å²) in [6, 6.07) is 0.171. The van der Waals surface area contributed by atoms with E-state index in [1.54, 1.807) is 7.11 Å². The van der Waals surface area contributed by atoms with Crippen LogP contribution in [0, 0.1) is 0 Å². The first-order valence-electron chi connectivity index (χ1n) is 4.49. The Morgan fingerprint density at radius 2 is 2.15 bits per heavy atom. The summed E-state index contributed by atoms with van der Waals surface area (Å²) in [5.74, 6) is -0.174. The van der Waals surface area contributed by atoms with Gasteiger partial charge in [0, 0.05) is 19.8 Å². The molecule has 4 nitrogen and oxygen atoms in total. The molecule has 0 rings (SSSR count). The predicted octanol–water partition coefficient (Wildman–Crippen LogP) is 0.564. The van der Waals surface area contributed by atoms with Gasteiger partial charge >= 0.3 is 5.97 Å². The number of nitrogens with one attached hydrogen (secondary N) is 1. The molecule has 1 atom stereocenters. The quantitative estimate of drug-likeness (QED) is 0.469. The second kappa shape index (κ2) is 8.01. The third-order valence-electron chi connectivity index (χ3n) is 1.72. The Hall–Kier alpha value is -0.610. The molecule has 0 fully saturated rings. The van der Waals surface area contributed by atoms with Gasteiger partial charge in [0.05, 0.1) is 13.5 Å². The monoisotopic (exact) mass is 189 g/mol. The molecular formula is C9H19NO3. The van der Waals surface area contributed by atoms with Crippen LogP contribution in [0.3, 0.4) is 0 Å². The van der Waals surface area contributed by atoms with Gasteiger partial charge in [0.2, 0.25) is 0 Å². The normalized spacial score (nSPS) is 12.5. The van der Waals surface area contributed by atoms with E-state index in [2.05, 4.69) is 10.1 Å². The lowest BCUT2D eigenvalue weighted by Crippen LogP contribution is -2.30. The van der Waals surface area contributed by atoms with Crippen LogP contribution in [-0.4, -0.2) is 39.4 Å². The molecule has 0 bridgehead atoms. The van der Waals surface area contributed by atoms with Crippen LogP contribution in [0.15, 0.2) is 0 Å². The van der Waals surface area contributed by atoms with Crippen molar-refractivity contribution in [2.75, 3.05) is 27.4 Å². The zero-order chi connectivity index (χ0) is 10.1. The van der Waals surface area contributed by atoms with Gasteiger partial charge in [-0.25, -0.2) is 0 Å². The number of carbonyl (C=O) groups excluding carboxylic acids is 1. The van der Waals surface area contributed by atoms with Crippen LogP contribution in [0.5, 0.6) is 0 Å². The fourth-order valence-electron chi connectivity index (χ4n) is 0.970. The maximum atomic E-state index is 10.8. The van der Waals surface area contributed by atoms with E-state index in [0.29, 0.717) is 6.42 Å². The molecule has 78 valence electrons. The Bertz CT molecular complexity index is 139. The predicted molar refractivity (Wildman–Crippen MR) is 50.6 cm³/mol. The number of rotatable bonds is 7. The van der Waals surface area contributed by atoms with Crippen molar-refractivity contribution in [3.8, 4) is 0 Å². The minimum Gasteiger partial charge on any atom is -0.469 e. The fourth-order valence-corrected chi connectivity index (χ4v) is 0.970. The minimum absolute atomic E-state index is 0.171. The molecule has 0 heterocycles. The Morgan fingerprint density at radius 3 is 2.69 bits per heavy atom. The van der Waals surface area contributed by atoms with E-state index in [1.165, 1.54) is 7.11 Å². The molecule has 0 amide bonds. The van der Waals surface area contributed by atoms with Gasteiger partial charge in [-0.15, -0.1) is 0 Å². The third kappa shape index (κ3) is 7.74. The van der Waals surface area contributed by atoms with Gasteiger partial charge in [0.15, 0.2) is 0 Å². The average molecular weight is 189 g/mol. The van der Waals surface area contributed by atoms with Gasteiger partial charge in [0.1, 0.15) is 0 Å². The number of methoxy groups -OCH3 is 2. The second-order valence-corrected chi connectivity index (χ2v) is 2.98. The standard InChI is InChI=1S/C9H19NO3/c1-8(7-9(11)13-3)10-5-4-6-12-2/h8,10H,4-7H2,1-3H3/t8-/m0/s1. The first kappa shape index (κ1) is 12.4. The average Bonchev–Trinajstić information content (AvgIpc) is 2.12. The molecule has 0 aliphatic carbocycles. The number of esters is 1. The lowest BCUT2D eigenvalue weighted by atomic mass is 10.2. The van der Waals surface area contributed by atoms with E-state index in [1.807, 2.05) is 6.92 Å². The van der Waals surface area contributed by atoms with Crippen molar-refractivity contribution < 1.29 is 14.3 Å². The lowest BCUT2D eigenvalue weighted by Gasteiger charge is -2.11. The van der Waals surface area contributed by atoms with Gasteiger partial charge in [-0.2, -0.15) is 0 Å². The van der Waals surface area contributed by atoms with E-state index in [9.17, 15) is 4.79 Å². The zero-order valence-corrected chi connectivity index (χ0v) is 8.63. The highest BCUT2D eigenvalue weighted by molar-refractivity contribution is 5.69. The van der Waals surface area contributed by atoms with Crippen molar-refractivity contribution in [2.24, 2.45) is 0 Å². The molecule has 0 radical (unpaired) electrons. The summed E-state index contributed by atoms with van der Waals surface area (Å²) in [6.45, 7) is 3.58. The van der Waals surface area contributed by atoms with Gasteiger partial charge in [-0.05, 0) is 19.9 Å². The van der Waals surface area contributed by atoms with Crippen molar-refractivity contribution in [1.29, 1.82) is 0 Å². The summed E-state index contributed by atoms with van der Waals surface area (Å²) in [5.41, 5.74) is 0. The molecule has 4 heteroatoms. The van der Waals surface area contributed by atoms with Crippen molar-refractivity contribution in [2.45, 2.75) is 25.8 Å². The van der Waals surface area contributed by atoms with Crippen molar-refractivity contribution >= 4 is 5.97 Å². The summed E-state index contributed by atoms with van der Waals surface area (Å²) in [4.78, 5) is 10.8. The maximum Gasteiger partial charge on any atom is 0.307 e. The number of hydrogen-bond donors (Lipinski definition) is 1. The van der Waals surface area contributed by atoms with E-state index in [-0.39, 0.29) is 12.0 Å². The maximum absolute atomic E-state index is 10.8. The molecule has 0 spiro atoms. The molecule has 0 unspecified atom stereocenters. The molecule has 0 saturated heterocycles. The summed E-state index contributed by atoms with van der Waals surface area (Å²) in [7, 11) is 3.08. The Balaban J connectivity index is 3.29. The molecule has 1 N–H and O–H groups in total. The van der Waals surface area contributed by atoms with Crippen LogP contribution in [-0.2, 0) is 14.3 Å². The highest BCUT2D eigenvalue weighted by atomic mass is 16.5. The molecule has 13 heavy (non-hydrogen) atoms. The first-order valence-corrected chi connectivity index (χ1v) is 4.49. The van der Waals surface area contributed by atoms with Crippen LogP contribution in [0.1, 0.15) is 19.8 Å². The molecule has 0 aliphatic rings.